The van der Waals surface area contributed by atoms with E-state index in [-0.39, 0.29) is 18.6 Å². The Morgan fingerprint density at radius 2 is 1.88 bits per heavy atom. The fraction of sp³-hybridized carbons (Fsp3) is 0.375. The average molecular weight is 436 g/mol. The summed E-state index contributed by atoms with van der Waals surface area (Å²) < 4.78 is 13.0. The fourth-order valence-corrected chi connectivity index (χ4v) is 3.91. The highest BCUT2D eigenvalue weighted by Crippen LogP contribution is 2.18. The van der Waals surface area contributed by atoms with Crippen molar-refractivity contribution in [2.24, 2.45) is 0 Å². The molecule has 8 nitrogen and oxygen atoms in total. The van der Waals surface area contributed by atoms with Gasteiger partial charge in [0, 0.05) is 32.6 Å². The first-order chi connectivity index (χ1) is 15.6. The maximum Gasteiger partial charge on any atom is 0.258 e. The molecule has 32 heavy (non-hydrogen) atoms. The van der Waals surface area contributed by atoms with Crippen molar-refractivity contribution in [3.8, 4) is 11.5 Å². The molecule has 0 saturated heterocycles. The molecule has 0 unspecified atom stereocenters. The molecular weight excluding hydrogens is 406 g/mol. The summed E-state index contributed by atoms with van der Waals surface area (Å²) in [4.78, 5) is 14.8. The lowest BCUT2D eigenvalue weighted by Gasteiger charge is -2.20. The van der Waals surface area contributed by atoms with Gasteiger partial charge in [-0.2, -0.15) is 0 Å². The average Bonchev–Trinajstić information content (AvgIpc) is 3.13. The van der Waals surface area contributed by atoms with Crippen LogP contribution in [0.25, 0.3) is 0 Å². The molecule has 0 radical (unpaired) electrons. The molecule has 1 aliphatic heterocycles. The van der Waals surface area contributed by atoms with Crippen molar-refractivity contribution in [3.05, 3.63) is 71.8 Å². The van der Waals surface area contributed by atoms with Crippen LogP contribution in [-0.4, -0.2) is 52.4 Å². The van der Waals surface area contributed by atoms with E-state index in [1.165, 1.54) is 5.56 Å². The van der Waals surface area contributed by atoms with Gasteiger partial charge in [0.1, 0.15) is 17.3 Å². The van der Waals surface area contributed by atoms with E-state index in [0.717, 1.165) is 50.0 Å². The Kier molecular flexibility index (Phi) is 7.01. The quantitative estimate of drug-likeness (QED) is 0.586. The normalized spacial score (nSPS) is 14.8. The molecule has 4 rings (SSSR count). The Balaban J connectivity index is 1.33. The second-order valence-electron chi connectivity index (χ2n) is 7.89. The molecule has 1 aromatic heterocycles. The summed E-state index contributed by atoms with van der Waals surface area (Å²) in [5, 5.41) is 11.7. The van der Waals surface area contributed by atoms with Crippen molar-refractivity contribution in [3.63, 3.8) is 0 Å². The Hall–Kier alpha value is -3.39. The number of rotatable bonds is 8. The number of nitrogens with one attached hydrogen (secondary N) is 1. The first-order valence-electron chi connectivity index (χ1n) is 10.9. The van der Waals surface area contributed by atoms with Crippen LogP contribution in [0.1, 0.15) is 30.2 Å². The van der Waals surface area contributed by atoms with Gasteiger partial charge in [-0.25, -0.2) is 0 Å². The minimum absolute atomic E-state index is 0.0380. The number of hydrogen-bond acceptors (Lipinski definition) is 6. The van der Waals surface area contributed by atoms with Crippen molar-refractivity contribution >= 4 is 5.91 Å². The van der Waals surface area contributed by atoms with Crippen LogP contribution >= 0.6 is 0 Å². The largest absolute Gasteiger partial charge is 0.497 e. The predicted molar refractivity (Wildman–Crippen MR) is 120 cm³/mol. The van der Waals surface area contributed by atoms with E-state index in [9.17, 15) is 4.79 Å². The number of fused-ring (bicyclic) bond motifs is 1. The van der Waals surface area contributed by atoms with E-state index in [1.54, 1.807) is 7.11 Å². The Labute approximate surface area is 188 Å². The summed E-state index contributed by atoms with van der Waals surface area (Å²) in [6, 6.07) is 17.2. The number of hydrogen-bond donors (Lipinski definition) is 1. The summed E-state index contributed by atoms with van der Waals surface area (Å²) >= 11 is 0. The minimum atomic E-state index is -0.256. The third-order valence-corrected chi connectivity index (χ3v) is 5.57. The molecule has 1 amide bonds. The zero-order chi connectivity index (χ0) is 22.3. The predicted octanol–water partition coefficient (Wildman–Crippen LogP) is 2.60. The molecule has 1 N–H and O–H groups in total. The molecule has 0 aliphatic carbocycles. The van der Waals surface area contributed by atoms with Gasteiger partial charge in [0.15, 0.2) is 12.4 Å². The molecule has 0 saturated carbocycles. The van der Waals surface area contributed by atoms with Crippen LogP contribution in [0.2, 0.25) is 0 Å². The Morgan fingerprint density at radius 1 is 1.06 bits per heavy atom. The van der Waals surface area contributed by atoms with Gasteiger partial charge in [-0.1, -0.05) is 30.3 Å². The van der Waals surface area contributed by atoms with Gasteiger partial charge >= 0.3 is 0 Å². The van der Waals surface area contributed by atoms with Gasteiger partial charge in [0.2, 0.25) is 0 Å². The number of aromatic nitrogens is 3. The molecule has 1 atom stereocenters. The van der Waals surface area contributed by atoms with E-state index >= 15 is 0 Å². The van der Waals surface area contributed by atoms with Crippen molar-refractivity contribution in [1.82, 2.24) is 25.0 Å². The highest BCUT2D eigenvalue weighted by molar-refractivity contribution is 5.77. The van der Waals surface area contributed by atoms with Crippen LogP contribution in [0.15, 0.2) is 54.6 Å². The third kappa shape index (κ3) is 5.45. The molecule has 168 valence electrons. The summed E-state index contributed by atoms with van der Waals surface area (Å²) in [5.41, 5.74) is 1.22. The monoisotopic (exact) mass is 435 g/mol. The fourth-order valence-electron chi connectivity index (χ4n) is 3.91. The molecular formula is C24H29N5O3. The summed E-state index contributed by atoms with van der Waals surface area (Å²) in [6.45, 7) is 5.31. The minimum Gasteiger partial charge on any atom is -0.497 e. The SMILES string of the molecule is COc1cccc(CN2CCc3nnc([C@H](C)NC(=O)COc4ccccc4)n3CC2)c1. The first-order valence-corrected chi connectivity index (χ1v) is 10.9. The molecule has 8 heteroatoms. The van der Waals surface area contributed by atoms with Crippen LogP contribution in [0.4, 0.5) is 0 Å². The van der Waals surface area contributed by atoms with Gasteiger partial charge in [-0.05, 0) is 36.8 Å². The highest BCUT2D eigenvalue weighted by atomic mass is 16.5. The molecule has 1 aliphatic rings. The van der Waals surface area contributed by atoms with Crippen LogP contribution < -0.4 is 14.8 Å². The van der Waals surface area contributed by atoms with Crippen molar-refractivity contribution in [2.75, 3.05) is 26.8 Å². The van der Waals surface area contributed by atoms with Gasteiger partial charge in [-0.15, -0.1) is 10.2 Å². The van der Waals surface area contributed by atoms with Crippen LogP contribution in [0.3, 0.4) is 0 Å². The number of carbonyl (C=O) groups excluding carboxylic acids is 1. The van der Waals surface area contributed by atoms with Crippen LogP contribution in [0.5, 0.6) is 11.5 Å². The molecule has 0 fully saturated rings. The van der Waals surface area contributed by atoms with Crippen LogP contribution in [0, 0.1) is 0 Å². The van der Waals surface area contributed by atoms with Gasteiger partial charge in [0.05, 0.1) is 13.2 Å². The number of amides is 1. The van der Waals surface area contributed by atoms with E-state index in [0.29, 0.717) is 5.75 Å². The number of methoxy groups -OCH3 is 1. The maximum absolute atomic E-state index is 12.4. The second-order valence-corrected chi connectivity index (χ2v) is 7.89. The van der Waals surface area contributed by atoms with E-state index < -0.39 is 0 Å². The molecule has 2 heterocycles. The van der Waals surface area contributed by atoms with Crippen LogP contribution in [-0.2, 0) is 24.3 Å². The Bertz CT molecular complexity index is 1040. The topological polar surface area (TPSA) is 81.5 Å². The van der Waals surface area contributed by atoms with E-state index in [2.05, 4.69) is 37.1 Å². The number of nitrogens with zero attached hydrogens (tertiary/aromatic N) is 4. The summed E-state index contributed by atoms with van der Waals surface area (Å²) in [5.74, 6) is 3.08. The van der Waals surface area contributed by atoms with Gasteiger partial charge < -0.3 is 19.4 Å². The zero-order valence-electron chi connectivity index (χ0n) is 18.5. The van der Waals surface area contributed by atoms with Crippen molar-refractivity contribution in [2.45, 2.75) is 32.5 Å². The maximum atomic E-state index is 12.4. The number of benzene rings is 2. The molecule has 0 bridgehead atoms. The van der Waals surface area contributed by atoms with Gasteiger partial charge in [0.25, 0.3) is 5.91 Å². The third-order valence-electron chi connectivity index (χ3n) is 5.57. The van der Waals surface area contributed by atoms with Crippen molar-refractivity contribution in [1.29, 1.82) is 0 Å². The molecule has 0 spiro atoms. The lowest BCUT2D eigenvalue weighted by Crippen LogP contribution is -2.33. The standard InChI is InChI=1S/C24H29N5O3/c1-18(25-23(30)17-32-20-8-4-3-5-9-20)24-27-26-22-11-12-28(13-14-29(22)24)16-19-7-6-10-21(15-19)31-2/h3-10,15,18H,11-14,16-17H2,1-2H3,(H,25,30)/t18-/m0/s1. The lowest BCUT2D eigenvalue weighted by molar-refractivity contribution is -0.123. The lowest BCUT2D eigenvalue weighted by atomic mass is 10.2. The zero-order valence-corrected chi connectivity index (χ0v) is 18.5. The smallest absolute Gasteiger partial charge is 0.258 e. The molecule has 2 aromatic carbocycles. The highest BCUT2D eigenvalue weighted by Gasteiger charge is 2.23. The number of carbonyl (C=O) groups is 1. The molecule has 3 aromatic rings. The second kappa shape index (κ2) is 10.3. The number of ether oxygens (including phenoxy) is 2. The summed E-state index contributed by atoms with van der Waals surface area (Å²) in [6.07, 6.45) is 0.814. The Morgan fingerprint density at radius 3 is 2.69 bits per heavy atom. The summed E-state index contributed by atoms with van der Waals surface area (Å²) in [7, 11) is 1.69. The van der Waals surface area contributed by atoms with Crippen molar-refractivity contribution < 1.29 is 14.3 Å². The number of para-hydroxylation sites is 1. The van der Waals surface area contributed by atoms with Gasteiger partial charge in [-0.3, -0.25) is 9.69 Å². The van der Waals surface area contributed by atoms with E-state index in [4.69, 9.17) is 9.47 Å². The first kappa shape index (κ1) is 21.8. The van der Waals surface area contributed by atoms with E-state index in [1.807, 2.05) is 49.4 Å².